The monoisotopic (exact) mass is 168 g/mol. The van der Waals surface area contributed by atoms with E-state index in [-0.39, 0.29) is 0 Å². The minimum Gasteiger partial charge on any atom is -0.0870 e. The van der Waals surface area contributed by atoms with Crippen LogP contribution in [0.4, 0.5) is 0 Å². The Labute approximate surface area is 78.5 Å². The molecule has 0 radical (unpaired) electrons. The van der Waals surface area contributed by atoms with Gasteiger partial charge in [0.05, 0.1) is 0 Å². The van der Waals surface area contributed by atoms with Crippen LogP contribution < -0.4 is 0 Å². The second-order valence-corrected chi connectivity index (χ2v) is 3.07. The van der Waals surface area contributed by atoms with Crippen LogP contribution in [0.5, 0.6) is 0 Å². The van der Waals surface area contributed by atoms with E-state index in [1.165, 1.54) is 16.3 Å². The first-order valence-corrected chi connectivity index (χ1v) is 4.52. The van der Waals surface area contributed by atoms with Gasteiger partial charge < -0.3 is 0 Å². The fourth-order valence-corrected chi connectivity index (χ4v) is 1.58. The molecule has 0 fully saturated rings. The molecule has 2 aromatic carbocycles. The summed E-state index contributed by atoms with van der Waals surface area (Å²) in [7, 11) is 0. The fraction of sp³-hybridized carbons (Fsp3) is 0.0769. The molecule has 0 aromatic heterocycles. The van der Waals surface area contributed by atoms with Gasteiger partial charge in [-0.05, 0) is 23.3 Å². The summed E-state index contributed by atoms with van der Waals surface area (Å²) in [5, 5.41) is 2.63. The lowest BCUT2D eigenvalue weighted by Crippen LogP contribution is -1.76. The Hall–Kier alpha value is -1.56. The van der Waals surface area contributed by atoms with Gasteiger partial charge in [0.1, 0.15) is 0 Å². The van der Waals surface area contributed by atoms with Crippen molar-refractivity contribution in [2.24, 2.45) is 0 Å². The molecule has 0 saturated carbocycles. The van der Waals surface area contributed by atoms with E-state index in [0.29, 0.717) is 0 Å². The van der Waals surface area contributed by atoms with Gasteiger partial charge in [-0.3, -0.25) is 0 Å². The standard InChI is InChI=1S/C13H12/c1-2-6-11-8-5-9-12-7-3-4-10-13(11)12/h2-10H,1H3/b6-2+. The van der Waals surface area contributed by atoms with Crippen LogP contribution in [0.15, 0.2) is 48.5 Å². The largest absolute Gasteiger partial charge is 0.0870 e. The number of allylic oxidation sites excluding steroid dienone is 1. The molecule has 0 amide bonds. The first-order chi connectivity index (χ1) is 6.42. The Morgan fingerprint density at radius 2 is 1.69 bits per heavy atom. The van der Waals surface area contributed by atoms with Crippen molar-refractivity contribution in [1.29, 1.82) is 0 Å². The summed E-state index contributed by atoms with van der Waals surface area (Å²) in [6.45, 7) is 2.04. The molecule has 0 N–H and O–H groups in total. The Balaban J connectivity index is 2.75. The molecule has 0 unspecified atom stereocenters. The van der Waals surface area contributed by atoms with Gasteiger partial charge in [0.25, 0.3) is 0 Å². The van der Waals surface area contributed by atoms with E-state index in [9.17, 15) is 0 Å². The van der Waals surface area contributed by atoms with E-state index >= 15 is 0 Å². The van der Waals surface area contributed by atoms with Gasteiger partial charge in [0.2, 0.25) is 0 Å². The summed E-state index contributed by atoms with van der Waals surface area (Å²) >= 11 is 0. The summed E-state index contributed by atoms with van der Waals surface area (Å²) in [4.78, 5) is 0. The highest BCUT2D eigenvalue weighted by atomic mass is 14.0. The van der Waals surface area contributed by atoms with E-state index in [1.807, 2.05) is 6.92 Å². The molecule has 0 aliphatic carbocycles. The van der Waals surface area contributed by atoms with Gasteiger partial charge >= 0.3 is 0 Å². The number of fused-ring (bicyclic) bond motifs is 1. The highest BCUT2D eigenvalue weighted by Crippen LogP contribution is 2.19. The van der Waals surface area contributed by atoms with E-state index in [4.69, 9.17) is 0 Å². The van der Waals surface area contributed by atoms with Crippen LogP contribution in [0.3, 0.4) is 0 Å². The summed E-state index contributed by atoms with van der Waals surface area (Å²) in [5.41, 5.74) is 1.29. The molecule has 2 rings (SSSR count). The Morgan fingerprint density at radius 1 is 0.923 bits per heavy atom. The highest BCUT2D eigenvalue weighted by molar-refractivity contribution is 5.90. The van der Waals surface area contributed by atoms with E-state index in [2.05, 4.69) is 54.6 Å². The predicted molar refractivity (Wildman–Crippen MR) is 58.7 cm³/mol. The van der Waals surface area contributed by atoms with Gasteiger partial charge in [-0.25, -0.2) is 0 Å². The number of benzene rings is 2. The molecule has 64 valence electrons. The molecular formula is C13H12. The molecule has 13 heavy (non-hydrogen) atoms. The molecule has 0 spiro atoms. The molecule has 0 bridgehead atoms. The third kappa shape index (κ3) is 1.48. The van der Waals surface area contributed by atoms with E-state index in [0.717, 1.165) is 0 Å². The average Bonchev–Trinajstić information content (AvgIpc) is 2.19. The number of rotatable bonds is 1. The van der Waals surface area contributed by atoms with Crippen LogP contribution >= 0.6 is 0 Å². The van der Waals surface area contributed by atoms with Crippen LogP contribution in [0.1, 0.15) is 12.5 Å². The van der Waals surface area contributed by atoms with Crippen molar-refractivity contribution in [2.45, 2.75) is 6.92 Å². The summed E-state index contributed by atoms with van der Waals surface area (Å²) < 4.78 is 0. The Kier molecular flexibility index (Phi) is 2.13. The molecule has 0 aliphatic rings. The average molecular weight is 168 g/mol. The lowest BCUT2D eigenvalue weighted by Gasteiger charge is -2.00. The first kappa shape index (κ1) is 8.06. The summed E-state index contributed by atoms with van der Waals surface area (Å²) in [5.74, 6) is 0. The van der Waals surface area contributed by atoms with Crippen LogP contribution in [0.25, 0.3) is 16.8 Å². The van der Waals surface area contributed by atoms with Gasteiger partial charge in [-0.15, -0.1) is 0 Å². The van der Waals surface area contributed by atoms with Gasteiger partial charge in [-0.1, -0.05) is 54.6 Å². The van der Waals surface area contributed by atoms with Crippen LogP contribution in [-0.2, 0) is 0 Å². The minimum absolute atomic E-state index is 1.29. The zero-order valence-electron chi connectivity index (χ0n) is 7.70. The molecule has 2 aromatic rings. The molecule has 0 atom stereocenters. The van der Waals surface area contributed by atoms with Crippen LogP contribution in [0.2, 0.25) is 0 Å². The summed E-state index contributed by atoms with van der Waals surface area (Å²) in [6, 6.07) is 14.8. The predicted octanol–water partition coefficient (Wildman–Crippen LogP) is 3.87. The van der Waals surface area contributed by atoms with Gasteiger partial charge in [0, 0.05) is 0 Å². The molecule has 0 heteroatoms. The zero-order valence-corrected chi connectivity index (χ0v) is 7.70. The maximum atomic E-state index is 2.16. The SMILES string of the molecule is C/C=C/c1cccc2ccccc12. The normalized spacial score (nSPS) is 11.2. The van der Waals surface area contributed by atoms with Gasteiger partial charge in [-0.2, -0.15) is 0 Å². The number of hydrogen-bond acceptors (Lipinski definition) is 0. The van der Waals surface area contributed by atoms with Crippen LogP contribution in [0, 0.1) is 0 Å². The third-order valence-corrected chi connectivity index (χ3v) is 2.17. The van der Waals surface area contributed by atoms with E-state index in [1.54, 1.807) is 0 Å². The molecule has 0 saturated heterocycles. The second kappa shape index (κ2) is 3.44. The van der Waals surface area contributed by atoms with Gasteiger partial charge in [0.15, 0.2) is 0 Å². The van der Waals surface area contributed by atoms with Crippen molar-refractivity contribution in [2.75, 3.05) is 0 Å². The highest BCUT2D eigenvalue weighted by Gasteiger charge is 1.94. The minimum atomic E-state index is 1.29. The molecule has 0 aliphatic heterocycles. The Morgan fingerprint density at radius 3 is 2.54 bits per heavy atom. The van der Waals surface area contributed by atoms with Crippen molar-refractivity contribution in [3.8, 4) is 0 Å². The van der Waals surface area contributed by atoms with Crippen molar-refractivity contribution in [1.82, 2.24) is 0 Å². The van der Waals surface area contributed by atoms with Crippen LogP contribution in [-0.4, -0.2) is 0 Å². The first-order valence-electron chi connectivity index (χ1n) is 4.52. The maximum absolute atomic E-state index is 2.16. The van der Waals surface area contributed by atoms with Crippen molar-refractivity contribution in [3.05, 3.63) is 54.1 Å². The lowest BCUT2D eigenvalue weighted by molar-refractivity contribution is 1.69. The topological polar surface area (TPSA) is 0 Å². The lowest BCUT2D eigenvalue weighted by atomic mass is 10.0. The zero-order chi connectivity index (χ0) is 9.10. The van der Waals surface area contributed by atoms with Crippen molar-refractivity contribution >= 4 is 16.8 Å². The quantitative estimate of drug-likeness (QED) is 0.606. The summed E-state index contributed by atoms with van der Waals surface area (Å²) in [6.07, 6.45) is 4.21. The van der Waals surface area contributed by atoms with Crippen molar-refractivity contribution in [3.63, 3.8) is 0 Å². The maximum Gasteiger partial charge on any atom is -0.0112 e. The Bertz CT molecular complexity index is 433. The number of hydrogen-bond donors (Lipinski definition) is 0. The second-order valence-electron chi connectivity index (χ2n) is 3.07. The van der Waals surface area contributed by atoms with Crippen molar-refractivity contribution < 1.29 is 0 Å². The smallest absolute Gasteiger partial charge is 0.0112 e. The molecule has 0 nitrogen and oxygen atoms in total. The third-order valence-electron chi connectivity index (χ3n) is 2.17. The van der Waals surface area contributed by atoms with E-state index < -0.39 is 0 Å². The molecular weight excluding hydrogens is 156 g/mol. The fourth-order valence-electron chi connectivity index (χ4n) is 1.58. The molecule has 0 heterocycles.